The van der Waals surface area contributed by atoms with E-state index in [0.717, 1.165) is 21.4 Å². The van der Waals surface area contributed by atoms with Crippen LogP contribution in [0.3, 0.4) is 0 Å². The smallest absolute Gasteiger partial charge is 0.440 e. The highest BCUT2D eigenvalue weighted by atomic mass is 19.1. The summed E-state index contributed by atoms with van der Waals surface area (Å²) in [5, 5.41) is 7.58. The van der Waals surface area contributed by atoms with Crippen LogP contribution in [0.1, 0.15) is 17.5 Å². The first-order valence-electron chi connectivity index (χ1n) is 10.6. The quantitative estimate of drug-likeness (QED) is 0.434. The fraction of sp³-hybridized carbons (Fsp3) is 0.200. The van der Waals surface area contributed by atoms with Gasteiger partial charge in [0.15, 0.2) is 17.3 Å². The van der Waals surface area contributed by atoms with Gasteiger partial charge >= 0.3 is 6.09 Å². The molecule has 5 rings (SSSR count). The lowest BCUT2D eigenvalue weighted by atomic mass is 10.1. The number of benzene rings is 2. The van der Waals surface area contributed by atoms with Gasteiger partial charge in [-0.3, -0.25) is 0 Å². The van der Waals surface area contributed by atoms with Crippen LogP contribution in [0.5, 0.6) is 17.2 Å². The molecule has 2 aromatic carbocycles. The van der Waals surface area contributed by atoms with Crippen LogP contribution in [0.2, 0.25) is 0 Å². The summed E-state index contributed by atoms with van der Waals surface area (Å²) in [6.45, 7) is 0. The van der Waals surface area contributed by atoms with Crippen molar-refractivity contribution in [3.63, 3.8) is 0 Å². The van der Waals surface area contributed by atoms with Crippen LogP contribution in [0, 0.1) is 5.82 Å². The maximum Gasteiger partial charge on any atom is 0.440 e. The molecule has 0 spiro atoms. The SMILES string of the molecule is COc1cc2c(cc1OC)-c1c(c(NC3=CC(F)CC=C3)nn1C(=O)Oc1ccc(F)cc1)C2. The lowest BCUT2D eigenvalue weighted by molar-refractivity contribution is 0.199. The average Bonchev–Trinajstić information content (AvgIpc) is 3.37. The van der Waals surface area contributed by atoms with Crippen molar-refractivity contribution in [2.24, 2.45) is 0 Å². The van der Waals surface area contributed by atoms with E-state index in [4.69, 9.17) is 14.2 Å². The van der Waals surface area contributed by atoms with Gasteiger partial charge in [0.25, 0.3) is 0 Å². The number of halogens is 2. The Kier molecular flexibility index (Phi) is 5.53. The van der Waals surface area contributed by atoms with Gasteiger partial charge in [0, 0.05) is 29.7 Å². The molecule has 0 saturated carbocycles. The summed E-state index contributed by atoms with van der Waals surface area (Å²) in [4.78, 5) is 13.1. The number of alkyl halides is 1. The molecule has 0 amide bonds. The van der Waals surface area contributed by atoms with E-state index in [1.807, 2.05) is 6.07 Å². The average molecular weight is 465 g/mol. The molecule has 1 atom stereocenters. The van der Waals surface area contributed by atoms with Crippen molar-refractivity contribution in [1.82, 2.24) is 9.78 Å². The minimum Gasteiger partial charge on any atom is -0.493 e. The Balaban J connectivity index is 1.58. The zero-order valence-corrected chi connectivity index (χ0v) is 18.5. The summed E-state index contributed by atoms with van der Waals surface area (Å²) < 4.78 is 44.6. The Bertz CT molecular complexity index is 1330. The zero-order chi connectivity index (χ0) is 23.8. The third kappa shape index (κ3) is 3.89. The highest BCUT2D eigenvalue weighted by Crippen LogP contribution is 2.45. The van der Waals surface area contributed by atoms with E-state index in [0.29, 0.717) is 41.5 Å². The molecule has 0 bridgehead atoms. The first kappa shape index (κ1) is 21.7. The van der Waals surface area contributed by atoms with Crippen LogP contribution in [0.15, 0.2) is 60.3 Å². The fourth-order valence-electron chi connectivity index (χ4n) is 4.12. The Morgan fingerprint density at radius 1 is 1.15 bits per heavy atom. The summed E-state index contributed by atoms with van der Waals surface area (Å²) in [6, 6.07) is 8.75. The topological polar surface area (TPSA) is 74.6 Å². The van der Waals surface area contributed by atoms with Crippen molar-refractivity contribution in [2.45, 2.75) is 19.0 Å². The number of rotatable bonds is 5. The van der Waals surface area contributed by atoms with Gasteiger partial charge in [-0.2, -0.15) is 4.68 Å². The molecule has 2 aliphatic rings. The number of ether oxygens (including phenoxy) is 3. The summed E-state index contributed by atoms with van der Waals surface area (Å²) in [7, 11) is 3.08. The molecular formula is C25H21F2N3O4. The number of nitrogens with zero attached hydrogens (tertiary/aromatic N) is 2. The largest absolute Gasteiger partial charge is 0.493 e. The number of carbonyl (C=O) groups excluding carboxylic acids is 1. The van der Waals surface area contributed by atoms with Crippen molar-refractivity contribution in [2.75, 3.05) is 19.5 Å². The zero-order valence-electron chi connectivity index (χ0n) is 18.5. The number of hydrogen-bond donors (Lipinski definition) is 1. The molecule has 34 heavy (non-hydrogen) atoms. The van der Waals surface area contributed by atoms with Gasteiger partial charge in [-0.1, -0.05) is 6.08 Å². The van der Waals surface area contributed by atoms with E-state index < -0.39 is 18.1 Å². The van der Waals surface area contributed by atoms with Gasteiger partial charge in [0.05, 0.1) is 19.9 Å². The number of methoxy groups -OCH3 is 2. The maximum atomic E-state index is 13.9. The summed E-state index contributed by atoms with van der Waals surface area (Å²) in [5.41, 5.74) is 3.47. The second kappa shape index (κ2) is 8.66. The van der Waals surface area contributed by atoms with Crippen LogP contribution >= 0.6 is 0 Å². The molecule has 174 valence electrons. The maximum absolute atomic E-state index is 13.9. The second-order valence-corrected chi connectivity index (χ2v) is 7.85. The molecule has 0 saturated heterocycles. The number of allylic oxidation sites excluding steroid dienone is 3. The fourth-order valence-corrected chi connectivity index (χ4v) is 4.12. The molecule has 0 radical (unpaired) electrons. The standard InChI is InChI=1S/C25H21F2N3O4/c1-32-21-11-14-10-20-23(19(14)13-22(21)33-2)30(25(31)34-18-8-6-15(26)7-9-18)29-24(20)28-17-5-3-4-16(27)12-17/h3,5-9,11-13,16H,4,10H2,1-2H3,(H,28,29). The number of anilines is 1. The van der Waals surface area contributed by atoms with Crippen molar-refractivity contribution < 1.29 is 27.8 Å². The normalized spacial score (nSPS) is 15.9. The Labute approximate surface area is 194 Å². The predicted molar refractivity (Wildman–Crippen MR) is 122 cm³/mol. The minimum absolute atomic E-state index is 0.175. The minimum atomic E-state index is -1.10. The van der Waals surface area contributed by atoms with E-state index in [1.165, 1.54) is 37.5 Å². The summed E-state index contributed by atoms with van der Waals surface area (Å²) in [5.74, 6) is 1.20. The van der Waals surface area contributed by atoms with Gasteiger partial charge in [-0.05, 0) is 54.1 Å². The molecule has 1 N–H and O–H groups in total. The first-order chi connectivity index (χ1) is 16.5. The van der Waals surface area contributed by atoms with Crippen LogP contribution in [0.4, 0.5) is 19.4 Å². The predicted octanol–water partition coefficient (Wildman–Crippen LogP) is 5.25. The van der Waals surface area contributed by atoms with Crippen molar-refractivity contribution in [3.05, 3.63) is 77.3 Å². The van der Waals surface area contributed by atoms with Crippen LogP contribution in [-0.2, 0) is 6.42 Å². The summed E-state index contributed by atoms with van der Waals surface area (Å²) in [6.07, 6.45) is 3.88. The van der Waals surface area contributed by atoms with Gasteiger partial charge in [-0.15, -0.1) is 5.10 Å². The molecule has 3 aromatic rings. The number of hydrogen-bond acceptors (Lipinski definition) is 6. The van der Waals surface area contributed by atoms with Gasteiger partial charge in [0.2, 0.25) is 0 Å². The molecule has 0 aliphatic heterocycles. The Morgan fingerprint density at radius 3 is 2.59 bits per heavy atom. The third-order valence-electron chi connectivity index (χ3n) is 5.69. The molecule has 0 fully saturated rings. The molecule has 7 nitrogen and oxygen atoms in total. The van der Waals surface area contributed by atoms with Crippen LogP contribution in [-0.4, -0.2) is 36.3 Å². The highest BCUT2D eigenvalue weighted by molar-refractivity contribution is 5.88. The van der Waals surface area contributed by atoms with Gasteiger partial charge in [-0.25, -0.2) is 13.6 Å². The lowest BCUT2D eigenvalue weighted by Crippen LogP contribution is -2.19. The molecule has 9 heteroatoms. The molecule has 1 heterocycles. The van der Waals surface area contributed by atoms with Gasteiger partial charge < -0.3 is 19.5 Å². The molecule has 1 unspecified atom stereocenters. The van der Waals surface area contributed by atoms with Crippen LogP contribution in [0.25, 0.3) is 11.3 Å². The van der Waals surface area contributed by atoms with Crippen molar-refractivity contribution in [3.8, 4) is 28.5 Å². The lowest BCUT2D eigenvalue weighted by Gasteiger charge is -2.13. The van der Waals surface area contributed by atoms with E-state index >= 15 is 0 Å². The first-order valence-corrected chi connectivity index (χ1v) is 10.6. The number of carbonyl (C=O) groups is 1. The van der Waals surface area contributed by atoms with E-state index in [2.05, 4.69) is 10.4 Å². The van der Waals surface area contributed by atoms with Crippen molar-refractivity contribution >= 4 is 11.9 Å². The number of fused-ring (bicyclic) bond motifs is 3. The monoisotopic (exact) mass is 465 g/mol. The number of nitrogens with one attached hydrogen (secondary N) is 1. The Hall–Kier alpha value is -4.14. The van der Waals surface area contributed by atoms with E-state index in [-0.39, 0.29) is 5.75 Å². The third-order valence-corrected chi connectivity index (χ3v) is 5.69. The van der Waals surface area contributed by atoms with E-state index in [9.17, 15) is 13.6 Å². The summed E-state index contributed by atoms with van der Waals surface area (Å²) >= 11 is 0. The molecule has 2 aliphatic carbocycles. The van der Waals surface area contributed by atoms with Gasteiger partial charge in [0.1, 0.15) is 17.7 Å². The molecule has 1 aromatic heterocycles. The van der Waals surface area contributed by atoms with E-state index in [1.54, 1.807) is 25.3 Å². The van der Waals surface area contributed by atoms with Crippen LogP contribution < -0.4 is 19.5 Å². The Morgan fingerprint density at radius 2 is 1.88 bits per heavy atom. The molecular weight excluding hydrogens is 444 g/mol. The second-order valence-electron chi connectivity index (χ2n) is 7.85. The highest BCUT2D eigenvalue weighted by Gasteiger charge is 2.32. The number of aromatic nitrogens is 2. The van der Waals surface area contributed by atoms with Crippen molar-refractivity contribution in [1.29, 1.82) is 0 Å².